The standard InChI is InChI=1S/C18H16N2O4/c1-13-17(21)24-18(19-13,15-10-6-3-7-11-15)16(12-20(22)23)14-8-4-2-5-9-14/h2-11,16H,12H2,1H3/t16-,18-/m1/s1. The monoisotopic (exact) mass is 324 g/mol. The maximum absolute atomic E-state index is 12.1. The Morgan fingerprint density at radius 1 is 1.12 bits per heavy atom. The van der Waals surface area contributed by atoms with Crippen LogP contribution in [0.3, 0.4) is 0 Å². The number of hydrogen-bond acceptors (Lipinski definition) is 5. The zero-order chi connectivity index (χ0) is 17.2. The Labute approximate surface area is 138 Å². The molecule has 1 heterocycles. The Kier molecular flexibility index (Phi) is 4.12. The fourth-order valence-corrected chi connectivity index (χ4v) is 2.97. The third kappa shape index (κ3) is 2.78. The molecule has 0 spiro atoms. The molecule has 0 bridgehead atoms. The highest BCUT2D eigenvalue weighted by Gasteiger charge is 2.51. The van der Waals surface area contributed by atoms with E-state index in [0.717, 1.165) is 0 Å². The molecular weight excluding hydrogens is 308 g/mol. The Bertz CT molecular complexity index is 789. The number of nitro groups is 1. The summed E-state index contributed by atoms with van der Waals surface area (Å²) in [4.78, 5) is 27.4. The van der Waals surface area contributed by atoms with Crippen LogP contribution in [0.4, 0.5) is 0 Å². The lowest BCUT2D eigenvalue weighted by Gasteiger charge is -2.32. The van der Waals surface area contributed by atoms with Crippen LogP contribution in [0.1, 0.15) is 24.0 Å². The first-order chi connectivity index (χ1) is 11.5. The molecule has 0 aliphatic carbocycles. The van der Waals surface area contributed by atoms with Crippen molar-refractivity contribution in [1.29, 1.82) is 0 Å². The van der Waals surface area contributed by atoms with Crippen molar-refractivity contribution in [2.75, 3.05) is 6.54 Å². The summed E-state index contributed by atoms with van der Waals surface area (Å²) in [5.41, 5.74) is 0.106. The van der Waals surface area contributed by atoms with Gasteiger partial charge in [0.15, 0.2) is 0 Å². The van der Waals surface area contributed by atoms with Crippen molar-refractivity contribution in [2.45, 2.75) is 18.6 Å². The summed E-state index contributed by atoms with van der Waals surface area (Å²) in [5.74, 6) is -1.28. The minimum atomic E-state index is -1.42. The second kappa shape index (κ2) is 6.23. The molecule has 0 N–H and O–H groups in total. The molecule has 6 heteroatoms. The number of rotatable bonds is 5. The van der Waals surface area contributed by atoms with Crippen molar-refractivity contribution in [3.8, 4) is 0 Å². The summed E-state index contributed by atoms with van der Waals surface area (Å²) in [6.45, 7) is 1.16. The zero-order valence-corrected chi connectivity index (χ0v) is 13.1. The number of ether oxygens (including phenoxy) is 1. The van der Waals surface area contributed by atoms with Gasteiger partial charge >= 0.3 is 5.97 Å². The highest BCUT2D eigenvalue weighted by molar-refractivity contribution is 6.36. The Hall–Kier alpha value is -3.02. The first kappa shape index (κ1) is 15.9. The Morgan fingerprint density at radius 3 is 2.21 bits per heavy atom. The van der Waals surface area contributed by atoms with Crippen LogP contribution in [0, 0.1) is 10.1 Å². The largest absolute Gasteiger partial charge is 0.427 e. The summed E-state index contributed by atoms with van der Waals surface area (Å²) in [7, 11) is 0. The molecule has 6 nitrogen and oxygen atoms in total. The van der Waals surface area contributed by atoms with Gasteiger partial charge in [0.25, 0.3) is 0 Å². The average molecular weight is 324 g/mol. The van der Waals surface area contributed by atoms with Crippen LogP contribution >= 0.6 is 0 Å². The lowest BCUT2D eigenvalue weighted by atomic mass is 9.83. The SMILES string of the molecule is CC1=N[C@@](c2ccccc2)([C@H](C[N+](=O)[O-])c2ccccc2)OC1=O. The van der Waals surface area contributed by atoms with E-state index in [4.69, 9.17) is 4.74 Å². The van der Waals surface area contributed by atoms with Gasteiger partial charge in [-0.05, 0) is 12.5 Å². The van der Waals surface area contributed by atoms with E-state index in [2.05, 4.69) is 4.99 Å². The number of nitrogens with zero attached hydrogens (tertiary/aromatic N) is 2. The van der Waals surface area contributed by atoms with Gasteiger partial charge < -0.3 is 4.74 Å². The predicted molar refractivity (Wildman–Crippen MR) is 88.4 cm³/mol. The summed E-state index contributed by atoms with van der Waals surface area (Å²) in [6.07, 6.45) is 0. The lowest BCUT2D eigenvalue weighted by Crippen LogP contribution is -2.37. The Morgan fingerprint density at radius 2 is 1.71 bits per heavy atom. The van der Waals surface area contributed by atoms with Crippen LogP contribution in [-0.4, -0.2) is 23.1 Å². The summed E-state index contributed by atoms with van der Waals surface area (Å²) >= 11 is 0. The van der Waals surface area contributed by atoms with Gasteiger partial charge in [0.1, 0.15) is 11.6 Å². The van der Waals surface area contributed by atoms with Gasteiger partial charge in [0.05, 0.1) is 0 Å². The second-order valence-electron chi connectivity index (χ2n) is 5.63. The van der Waals surface area contributed by atoms with Crippen LogP contribution < -0.4 is 0 Å². The molecule has 1 aliphatic rings. The van der Waals surface area contributed by atoms with Gasteiger partial charge in [-0.1, -0.05) is 60.7 Å². The summed E-state index contributed by atoms with van der Waals surface area (Å²) in [6, 6.07) is 18.0. The number of hydrogen-bond donors (Lipinski definition) is 0. The molecule has 24 heavy (non-hydrogen) atoms. The Balaban J connectivity index is 2.19. The molecule has 2 aromatic carbocycles. The van der Waals surface area contributed by atoms with Crippen molar-refractivity contribution in [3.63, 3.8) is 0 Å². The van der Waals surface area contributed by atoms with E-state index in [-0.39, 0.29) is 5.71 Å². The molecule has 0 amide bonds. The quantitative estimate of drug-likeness (QED) is 0.481. The molecule has 2 atom stereocenters. The van der Waals surface area contributed by atoms with Crippen LogP contribution in [0.15, 0.2) is 65.7 Å². The molecule has 0 aromatic heterocycles. The van der Waals surface area contributed by atoms with E-state index < -0.39 is 29.1 Å². The van der Waals surface area contributed by atoms with E-state index in [0.29, 0.717) is 11.1 Å². The number of esters is 1. The van der Waals surface area contributed by atoms with Crippen molar-refractivity contribution in [1.82, 2.24) is 0 Å². The number of carbonyl (C=O) groups is 1. The van der Waals surface area contributed by atoms with Gasteiger partial charge in [0, 0.05) is 10.5 Å². The van der Waals surface area contributed by atoms with Crippen LogP contribution in [0.2, 0.25) is 0 Å². The second-order valence-corrected chi connectivity index (χ2v) is 5.63. The summed E-state index contributed by atoms with van der Waals surface area (Å²) in [5, 5.41) is 11.3. The lowest BCUT2D eigenvalue weighted by molar-refractivity contribution is -0.487. The number of benzene rings is 2. The van der Waals surface area contributed by atoms with E-state index in [1.165, 1.54) is 0 Å². The normalized spacial score (nSPS) is 21.0. The fourth-order valence-electron chi connectivity index (χ4n) is 2.97. The van der Waals surface area contributed by atoms with Crippen LogP contribution in [0.5, 0.6) is 0 Å². The minimum absolute atomic E-state index is 0.211. The number of cyclic esters (lactones) is 1. The van der Waals surface area contributed by atoms with Crippen LogP contribution in [-0.2, 0) is 15.3 Å². The zero-order valence-electron chi connectivity index (χ0n) is 13.1. The smallest absolute Gasteiger partial charge is 0.354 e. The topological polar surface area (TPSA) is 81.8 Å². The molecule has 0 saturated carbocycles. The molecule has 0 unspecified atom stereocenters. The van der Waals surface area contributed by atoms with Crippen molar-refractivity contribution >= 4 is 11.7 Å². The van der Waals surface area contributed by atoms with E-state index in [1.54, 1.807) is 55.5 Å². The first-order valence-electron chi connectivity index (χ1n) is 7.55. The maximum Gasteiger partial charge on any atom is 0.354 e. The highest BCUT2D eigenvalue weighted by atomic mass is 16.6. The number of aliphatic imine (C=N–C) groups is 1. The molecular formula is C18H16N2O4. The third-order valence-corrected chi connectivity index (χ3v) is 4.07. The third-order valence-electron chi connectivity index (χ3n) is 4.07. The molecule has 0 fully saturated rings. The molecule has 1 aliphatic heterocycles. The number of carbonyl (C=O) groups excluding carboxylic acids is 1. The predicted octanol–water partition coefficient (Wildman–Crippen LogP) is 2.92. The molecule has 122 valence electrons. The highest BCUT2D eigenvalue weighted by Crippen LogP contribution is 2.44. The summed E-state index contributed by atoms with van der Waals surface area (Å²) < 4.78 is 5.62. The van der Waals surface area contributed by atoms with E-state index >= 15 is 0 Å². The van der Waals surface area contributed by atoms with Gasteiger partial charge in [0.2, 0.25) is 12.3 Å². The molecule has 2 aromatic rings. The fraction of sp³-hybridized carbons (Fsp3) is 0.222. The van der Waals surface area contributed by atoms with Crippen molar-refractivity contribution < 1.29 is 14.5 Å². The maximum atomic E-state index is 12.1. The molecule has 3 rings (SSSR count). The first-order valence-corrected chi connectivity index (χ1v) is 7.55. The van der Waals surface area contributed by atoms with Crippen molar-refractivity contribution in [3.05, 3.63) is 81.9 Å². The van der Waals surface area contributed by atoms with E-state index in [9.17, 15) is 14.9 Å². The minimum Gasteiger partial charge on any atom is -0.427 e. The van der Waals surface area contributed by atoms with Gasteiger partial charge in [-0.25, -0.2) is 9.79 Å². The van der Waals surface area contributed by atoms with E-state index in [1.807, 2.05) is 12.1 Å². The van der Waals surface area contributed by atoms with Gasteiger partial charge in [-0.3, -0.25) is 10.1 Å². The van der Waals surface area contributed by atoms with Gasteiger partial charge in [-0.15, -0.1) is 0 Å². The molecule has 0 saturated heterocycles. The molecule has 0 radical (unpaired) electrons. The van der Waals surface area contributed by atoms with Crippen LogP contribution in [0.25, 0.3) is 0 Å². The van der Waals surface area contributed by atoms with Crippen molar-refractivity contribution in [2.24, 2.45) is 4.99 Å². The average Bonchev–Trinajstić information content (AvgIpc) is 2.90. The van der Waals surface area contributed by atoms with Gasteiger partial charge in [-0.2, -0.15) is 0 Å².